The van der Waals surface area contributed by atoms with Crippen LogP contribution in [0.5, 0.6) is 0 Å². The molecular weight excluding hydrogens is 449 g/mol. The van der Waals surface area contributed by atoms with Crippen molar-refractivity contribution in [1.82, 2.24) is 28.7 Å². The van der Waals surface area contributed by atoms with Crippen molar-refractivity contribution in [1.29, 1.82) is 0 Å². The molecule has 0 aromatic carbocycles. The van der Waals surface area contributed by atoms with Gasteiger partial charge in [-0.15, -0.1) is 4.52 Å². The Bertz CT molecular complexity index is 518. The normalized spacial score (nSPS) is 16.7. The maximum absolute atomic E-state index is 10.7. The van der Waals surface area contributed by atoms with Crippen LogP contribution < -0.4 is 0 Å². The first kappa shape index (κ1) is 30.6. The number of hydrogen-bond donors (Lipinski definition) is 0. The molecule has 0 bridgehead atoms. The molecule has 0 heterocycles. The van der Waals surface area contributed by atoms with Gasteiger partial charge in [-0.25, -0.2) is 14.0 Å². The zero-order valence-electron chi connectivity index (χ0n) is 18.5. The molecule has 0 spiro atoms. The van der Waals surface area contributed by atoms with E-state index in [9.17, 15) is 25.2 Å². The van der Waals surface area contributed by atoms with Crippen LogP contribution in [-0.2, 0) is 0 Å². The van der Waals surface area contributed by atoms with E-state index in [1.54, 1.807) is 9.39 Å². The van der Waals surface area contributed by atoms with Gasteiger partial charge in [-0.3, -0.25) is 14.7 Å². The average molecular weight is 485 g/mol. The van der Waals surface area contributed by atoms with Gasteiger partial charge in [-0.2, -0.15) is 0 Å². The second kappa shape index (κ2) is 8.89. The molecule has 0 amide bonds. The molecule has 16 heteroatoms. The first-order valence-corrected chi connectivity index (χ1v) is 12.2. The van der Waals surface area contributed by atoms with Crippen LogP contribution in [0, 0.1) is 0 Å². The van der Waals surface area contributed by atoms with Gasteiger partial charge in [0, 0.05) is 0 Å². The molecule has 7 nitrogen and oxygen atoms in total. The molecule has 1 unspecified atom stereocenters. The molecular formula is C12H36F6N7P3. The van der Waals surface area contributed by atoms with Crippen LogP contribution in [0.4, 0.5) is 25.2 Å². The summed E-state index contributed by atoms with van der Waals surface area (Å²) in [4.78, 5) is 6.68. The average Bonchev–Trinajstić information content (AvgIpc) is 2.34. The molecule has 0 aliphatic heterocycles. The maximum atomic E-state index is 9.87. The molecule has 0 N–H and O–H groups in total. The zero-order valence-corrected chi connectivity index (χ0v) is 21.7. The van der Waals surface area contributed by atoms with Crippen molar-refractivity contribution < 1.29 is 25.2 Å². The summed E-state index contributed by atoms with van der Waals surface area (Å²) in [5.74, 6) is -0.383. The minimum atomic E-state index is -10.7. The second-order valence-electron chi connectivity index (χ2n) is 7.14. The molecule has 0 saturated heterocycles. The molecule has 0 fully saturated rings. The first-order valence-electron chi connectivity index (χ1n) is 7.94. The number of rotatable bonds is 7. The van der Waals surface area contributed by atoms with Gasteiger partial charge in [-0.05, 0) is 77.5 Å². The van der Waals surface area contributed by atoms with Gasteiger partial charge < -0.3 is 0 Å². The Labute approximate surface area is 167 Å². The molecule has 0 saturated carbocycles. The summed E-state index contributed by atoms with van der Waals surface area (Å²) in [7, 11) is 12.3. The molecule has 0 radical (unpaired) electrons. The van der Waals surface area contributed by atoms with Crippen LogP contribution in [0.25, 0.3) is 0 Å². The minimum absolute atomic E-state index is 0.383. The van der Waals surface area contributed by atoms with Crippen molar-refractivity contribution in [2.75, 3.05) is 77.5 Å². The predicted molar refractivity (Wildman–Crippen MR) is 113 cm³/mol. The quantitative estimate of drug-likeness (QED) is 0.306. The fourth-order valence-electron chi connectivity index (χ4n) is 3.49. The van der Waals surface area contributed by atoms with Crippen LogP contribution in [-0.4, -0.2) is 112 Å². The summed E-state index contributed by atoms with van der Waals surface area (Å²) in [6.07, 6.45) is 0. The van der Waals surface area contributed by atoms with E-state index >= 15 is 0 Å². The first-order chi connectivity index (χ1) is 11.9. The Morgan fingerprint density at radius 3 is 0.964 bits per heavy atom. The van der Waals surface area contributed by atoms with Crippen LogP contribution in [0.1, 0.15) is 0 Å². The number of hydrogen-bond acceptors (Lipinski definition) is 4. The Morgan fingerprint density at radius 1 is 0.643 bits per heavy atom. The molecule has 1 atom stereocenters. The number of nitrogens with zero attached hydrogens (tertiary/aromatic N) is 7. The van der Waals surface area contributed by atoms with E-state index in [1.807, 2.05) is 0 Å². The molecule has 176 valence electrons. The summed E-state index contributed by atoms with van der Waals surface area (Å²) < 4.78 is 70.9. The molecule has 0 aromatic heterocycles. The molecule has 0 aromatic rings. The second-order valence-corrected chi connectivity index (χ2v) is 13.5. The van der Waals surface area contributed by atoms with Gasteiger partial charge in [0.25, 0.3) is 0 Å². The third kappa shape index (κ3) is 8.28. The third-order valence-electron chi connectivity index (χ3n) is 3.90. The standard InChI is InChI=1S/C12H35N7P2.F6P/c1-14(2)12(15(3)4,16(5)6)19(11)21(13-20,17(7)8)18(9)10;1-7(2,3,4,5)6/h20H2,1-11H3;/q;-1/p+1. The van der Waals surface area contributed by atoms with E-state index in [0.717, 1.165) is 0 Å². The van der Waals surface area contributed by atoms with E-state index in [2.05, 4.69) is 106 Å². The van der Waals surface area contributed by atoms with Crippen molar-refractivity contribution in [3.8, 4) is 0 Å². The summed E-state index contributed by atoms with van der Waals surface area (Å²) in [5.41, 5.74) is 0. The Kier molecular flexibility index (Phi) is 9.72. The van der Waals surface area contributed by atoms with Crippen molar-refractivity contribution >= 4 is 24.7 Å². The molecule has 28 heavy (non-hydrogen) atoms. The predicted octanol–water partition coefficient (Wildman–Crippen LogP) is 4.19. The van der Waals surface area contributed by atoms with Crippen molar-refractivity contribution in [3.63, 3.8) is 0 Å². The van der Waals surface area contributed by atoms with Crippen LogP contribution in [0.3, 0.4) is 0 Å². The van der Waals surface area contributed by atoms with Gasteiger partial charge >= 0.3 is 33.0 Å². The van der Waals surface area contributed by atoms with Gasteiger partial charge in [-0.1, -0.05) is 0 Å². The van der Waals surface area contributed by atoms with Crippen LogP contribution in [0.2, 0.25) is 0 Å². The van der Waals surface area contributed by atoms with E-state index in [1.165, 1.54) is 0 Å². The summed E-state index contributed by atoms with van der Waals surface area (Å²) in [6, 6.07) is 0. The van der Waals surface area contributed by atoms with E-state index in [-0.39, 0.29) is 5.91 Å². The van der Waals surface area contributed by atoms with Crippen LogP contribution in [0.15, 0.2) is 4.52 Å². The van der Waals surface area contributed by atoms with E-state index in [4.69, 9.17) is 4.52 Å². The van der Waals surface area contributed by atoms with Crippen molar-refractivity contribution in [2.45, 2.75) is 5.91 Å². The van der Waals surface area contributed by atoms with Gasteiger partial charge in [0.1, 0.15) is 0 Å². The number of halogens is 6. The van der Waals surface area contributed by atoms with E-state index < -0.39 is 15.3 Å². The fourth-order valence-corrected chi connectivity index (χ4v) is 8.96. The van der Waals surface area contributed by atoms with Gasteiger partial charge in [0.15, 0.2) is 5.91 Å². The summed E-state index contributed by atoms with van der Waals surface area (Å²) in [5, 5.41) is 0. The van der Waals surface area contributed by atoms with Gasteiger partial charge in [0.2, 0.25) is 7.51 Å². The third-order valence-corrected chi connectivity index (χ3v) is 8.64. The molecule has 0 rings (SSSR count). The van der Waals surface area contributed by atoms with Gasteiger partial charge in [0.05, 0.1) is 9.39 Å². The zero-order chi connectivity index (χ0) is 23.6. The molecule has 0 aliphatic carbocycles. The monoisotopic (exact) mass is 485 g/mol. The fraction of sp³-hybridized carbons (Fsp3) is 1.00. The Hall–Kier alpha value is 0.430. The van der Waals surface area contributed by atoms with E-state index in [0.29, 0.717) is 0 Å². The topological polar surface area (TPSA) is 31.8 Å². The van der Waals surface area contributed by atoms with Crippen LogP contribution >= 0.6 is 24.7 Å². The van der Waals surface area contributed by atoms with Crippen molar-refractivity contribution in [2.24, 2.45) is 4.52 Å². The Morgan fingerprint density at radius 2 is 0.857 bits per heavy atom. The summed E-state index contributed by atoms with van der Waals surface area (Å²) >= 11 is 0. The SMILES string of the molecule is CN(C)C(N(C)C)(N(C)C)N(C)P(=N[PH3+])(N(C)C)N(C)C.F[P-](F)(F)(F)(F)F. The van der Waals surface area contributed by atoms with Crippen molar-refractivity contribution in [3.05, 3.63) is 0 Å². The molecule has 0 aliphatic rings. The Balaban J connectivity index is 0. The summed E-state index contributed by atoms with van der Waals surface area (Å²) in [6.45, 7) is 0.